The lowest BCUT2D eigenvalue weighted by molar-refractivity contribution is -0.384. The van der Waals surface area contributed by atoms with Crippen LogP contribution in [0.25, 0.3) is 22.4 Å². The second-order valence-corrected chi connectivity index (χ2v) is 8.28. The summed E-state index contributed by atoms with van der Waals surface area (Å²) in [5.41, 5.74) is 4.10. The molecule has 0 aliphatic carbocycles. The maximum Gasteiger partial charge on any atom is 0.280 e. The Hall–Kier alpha value is -4.16. The smallest absolute Gasteiger partial charge is 0.280 e. The van der Waals surface area contributed by atoms with E-state index in [1.807, 2.05) is 77.4 Å². The number of ether oxygens (including phenoxy) is 1. The average molecular weight is 470 g/mol. The minimum absolute atomic E-state index is 0.00992. The second kappa shape index (κ2) is 9.37. The van der Waals surface area contributed by atoms with E-state index in [0.717, 1.165) is 16.6 Å². The lowest BCUT2D eigenvalue weighted by Gasteiger charge is -2.11. The summed E-state index contributed by atoms with van der Waals surface area (Å²) in [5, 5.41) is 12.4. The SMILES string of the molecule is O=[N+]([O-])c1ccccc1-c1nc2cc(OCc3ccccc3)ccc2n1Cc1ccc(Cl)cc1. The van der Waals surface area contributed by atoms with Gasteiger partial charge >= 0.3 is 0 Å². The number of fused-ring (bicyclic) bond motifs is 1. The van der Waals surface area contributed by atoms with Crippen molar-refractivity contribution in [3.8, 4) is 17.1 Å². The molecule has 0 saturated heterocycles. The Morgan fingerprint density at radius 1 is 0.882 bits per heavy atom. The molecule has 1 heterocycles. The van der Waals surface area contributed by atoms with Gasteiger partial charge in [0.05, 0.1) is 21.5 Å². The summed E-state index contributed by atoms with van der Waals surface area (Å²) in [7, 11) is 0. The number of aromatic nitrogens is 2. The number of imidazole rings is 1. The number of hydrogen-bond acceptors (Lipinski definition) is 4. The number of nitrogens with zero attached hydrogens (tertiary/aromatic N) is 3. The minimum Gasteiger partial charge on any atom is -0.489 e. The Labute approximate surface area is 201 Å². The van der Waals surface area contributed by atoms with Gasteiger partial charge in [0.1, 0.15) is 18.2 Å². The van der Waals surface area contributed by atoms with Gasteiger partial charge < -0.3 is 9.30 Å². The molecule has 0 fully saturated rings. The van der Waals surface area contributed by atoms with E-state index in [4.69, 9.17) is 21.3 Å². The van der Waals surface area contributed by atoms with Crippen LogP contribution in [0.5, 0.6) is 5.75 Å². The zero-order chi connectivity index (χ0) is 23.5. The largest absolute Gasteiger partial charge is 0.489 e. The van der Waals surface area contributed by atoms with Crippen molar-refractivity contribution >= 4 is 28.3 Å². The van der Waals surface area contributed by atoms with Crippen molar-refractivity contribution in [2.45, 2.75) is 13.2 Å². The lowest BCUT2D eigenvalue weighted by atomic mass is 10.1. The molecule has 0 unspecified atom stereocenters. The number of nitro benzene ring substituents is 1. The zero-order valence-electron chi connectivity index (χ0n) is 18.1. The van der Waals surface area contributed by atoms with Gasteiger partial charge in [-0.3, -0.25) is 10.1 Å². The maximum absolute atomic E-state index is 11.7. The highest BCUT2D eigenvalue weighted by atomic mass is 35.5. The number of halogens is 1. The third-order valence-corrected chi connectivity index (χ3v) is 5.82. The van der Waals surface area contributed by atoms with Gasteiger partial charge in [-0.1, -0.05) is 66.2 Å². The maximum atomic E-state index is 11.7. The molecule has 0 spiro atoms. The Morgan fingerprint density at radius 3 is 2.38 bits per heavy atom. The first-order valence-electron chi connectivity index (χ1n) is 10.7. The highest BCUT2D eigenvalue weighted by molar-refractivity contribution is 6.30. The Kier molecular flexibility index (Phi) is 5.97. The van der Waals surface area contributed by atoms with Crippen LogP contribution in [0.3, 0.4) is 0 Å². The van der Waals surface area contributed by atoms with Crippen molar-refractivity contribution in [3.63, 3.8) is 0 Å². The van der Waals surface area contributed by atoms with E-state index < -0.39 is 0 Å². The number of hydrogen-bond donors (Lipinski definition) is 0. The van der Waals surface area contributed by atoms with Crippen LogP contribution in [0.15, 0.2) is 97.1 Å². The first-order valence-corrected chi connectivity index (χ1v) is 11.1. The van der Waals surface area contributed by atoms with Crippen LogP contribution in [-0.4, -0.2) is 14.5 Å². The molecular weight excluding hydrogens is 450 g/mol. The van der Waals surface area contributed by atoms with Gasteiger partial charge in [-0.2, -0.15) is 0 Å². The molecule has 0 N–H and O–H groups in total. The molecule has 0 saturated carbocycles. The quantitative estimate of drug-likeness (QED) is 0.192. The fourth-order valence-electron chi connectivity index (χ4n) is 3.90. The normalized spacial score (nSPS) is 11.0. The van der Waals surface area contributed by atoms with Crippen LogP contribution in [0, 0.1) is 10.1 Å². The van der Waals surface area contributed by atoms with E-state index in [2.05, 4.69) is 0 Å². The first kappa shape index (κ1) is 21.7. The summed E-state index contributed by atoms with van der Waals surface area (Å²) >= 11 is 6.05. The van der Waals surface area contributed by atoms with Crippen molar-refractivity contribution < 1.29 is 9.66 Å². The van der Waals surface area contributed by atoms with Crippen LogP contribution >= 0.6 is 11.6 Å². The molecule has 168 valence electrons. The predicted octanol–water partition coefficient (Wildman–Crippen LogP) is 6.89. The van der Waals surface area contributed by atoms with E-state index >= 15 is 0 Å². The van der Waals surface area contributed by atoms with E-state index in [1.165, 1.54) is 6.07 Å². The van der Waals surface area contributed by atoms with Gasteiger partial charge in [0.15, 0.2) is 0 Å². The third kappa shape index (κ3) is 4.49. The summed E-state index contributed by atoms with van der Waals surface area (Å²) in [6.45, 7) is 0.925. The van der Waals surface area contributed by atoms with Crippen molar-refractivity contribution in [1.82, 2.24) is 9.55 Å². The van der Waals surface area contributed by atoms with E-state index in [0.29, 0.717) is 40.8 Å². The van der Waals surface area contributed by atoms with Crippen LogP contribution in [0.1, 0.15) is 11.1 Å². The van der Waals surface area contributed by atoms with E-state index in [-0.39, 0.29) is 10.6 Å². The fourth-order valence-corrected chi connectivity index (χ4v) is 4.03. The molecule has 7 heteroatoms. The molecule has 0 amide bonds. The molecule has 5 rings (SSSR count). The molecule has 0 aliphatic rings. The van der Waals surface area contributed by atoms with Gasteiger partial charge in [-0.15, -0.1) is 0 Å². The molecule has 0 bridgehead atoms. The first-order chi connectivity index (χ1) is 16.6. The van der Waals surface area contributed by atoms with Crippen LogP contribution in [0.4, 0.5) is 5.69 Å². The molecule has 0 atom stereocenters. The minimum atomic E-state index is -0.379. The standard InChI is InChI=1S/C27H20ClN3O3/c28-21-12-10-19(11-13-21)17-30-26-15-14-22(34-18-20-6-2-1-3-7-20)16-24(26)29-27(30)23-8-4-5-9-25(23)31(32)33/h1-16H,17-18H2. The Bertz CT molecular complexity index is 1460. The van der Waals surface area contributed by atoms with Crippen molar-refractivity contribution in [1.29, 1.82) is 0 Å². The van der Waals surface area contributed by atoms with Crippen LogP contribution in [0.2, 0.25) is 5.02 Å². The molecule has 0 radical (unpaired) electrons. The summed E-state index contributed by atoms with van der Waals surface area (Å²) in [6, 6.07) is 29.8. The predicted molar refractivity (Wildman–Crippen MR) is 133 cm³/mol. The topological polar surface area (TPSA) is 70.2 Å². The monoisotopic (exact) mass is 469 g/mol. The zero-order valence-corrected chi connectivity index (χ0v) is 18.9. The molecule has 0 aliphatic heterocycles. The lowest BCUT2D eigenvalue weighted by Crippen LogP contribution is -2.03. The van der Waals surface area contributed by atoms with Crippen molar-refractivity contribution in [3.05, 3.63) is 123 Å². The van der Waals surface area contributed by atoms with Gasteiger partial charge in [-0.05, 0) is 41.5 Å². The number of para-hydroxylation sites is 1. The van der Waals surface area contributed by atoms with Gasteiger partial charge in [-0.25, -0.2) is 4.98 Å². The molecule has 4 aromatic carbocycles. The number of nitro groups is 1. The van der Waals surface area contributed by atoms with Gasteiger partial charge in [0.2, 0.25) is 0 Å². The van der Waals surface area contributed by atoms with E-state index in [1.54, 1.807) is 18.2 Å². The molecule has 6 nitrogen and oxygen atoms in total. The van der Waals surface area contributed by atoms with Gasteiger partial charge in [0, 0.05) is 23.7 Å². The molecule has 5 aromatic rings. The Balaban J connectivity index is 1.58. The van der Waals surface area contributed by atoms with Crippen LogP contribution < -0.4 is 4.74 Å². The van der Waals surface area contributed by atoms with E-state index in [9.17, 15) is 10.1 Å². The number of rotatable bonds is 7. The van der Waals surface area contributed by atoms with Crippen molar-refractivity contribution in [2.24, 2.45) is 0 Å². The molecule has 1 aromatic heterocycles. The summed E-state index contributed by atoms with van der Waals surface area (Å²) in [6.07, 6.45) is 0. The Morgan fingerprint density at radius 2 is 1.62 bits per heavy atom. The molecular formula is C27H20ClN3O3. The fraction of sp³-hybridized carbons (Fsp3) is 0.0741. The molecule has 34 heavy (non-hydrogen) atoms. The van der Waals surface area contributed by atoms with Gasteiger partial charge in [0.25, 0.3) is 5.69 Å². The summed E-state index contributed by atoms with van der Waals surface area (Å²) in [5.74, 6) is 1.21. The number of benzene rings is 4. The van der Waals surface area contributed by atoms with Crippen molar-refractivity contribution in [2.75, 3.05) is 0 Å². The third-order valence-electron chi connectivity index (χ3n) is 5.56. The summed E-state index contributed by atoms with van der Waals surface area (Å²) < 4.78 is 7.96. The summed E-state index contributed by atoms with van der Waals surface area (Å²) in [4.78, 5) is 16.2. The van der Waals surface area contributed by atoms with Crippen LogP contribution in [-0.2, 0) is 13.2 Å². The average Bonchev–Trinajstić information content (AvgIpc) is 3.22. The highest BCUT2D eigenvalue weighted by Gasteiger charge is 2.21. The second-order valence-electron chi connectivity index (χ2n) is 7.85. The highest BCUT2D eigenvalue weighted by Crippen LogP contribution is 2.33.